The number of methoxy groups -OCH3 is 1. The number of piperidine rings is 1. The summed E-state index contributed by atoms with van der Waals surface area (Å²) in [6.45, 7) is 4.93. The van der Waals surface area contributed by atoms with Crippen LogP contribution in [0.5, 0.6) is 0 Å². The fourth-order valence-corrected chi connectivity index (χ4v) is 4.50. The first-order chi connectivity index (χ1) is 10.2. The lowest BCUT2D eigenvalue weighted by atomic mass is 9.98. The zero-order valence-electron chi connectivity index (χ0n) is 12.3. The van der Waals surface area contributed by atoms with E-state index in [1.807, 2.05) is 6.92 Å². The van der Waals surface area contributed by atoms with E-state index in [1.54, 1.807) is 18.4 Å². The van der Waals surface area contributed by atoms with Crippen molar-refractivity contribution in [2.75, 3.05) is 37.4 Å². The monoisotopic (exact) mass is 324 g/mol. The number of hydrogen-bond donors (Lipinski definition) is 1. The second-order valence-corrected chi connectivity index (χ2v) is 7.04. The Hall–Kier alpha value is -1.18. The van der Waals surface area contributed by atoms with E-state index in [0.717, 1.165) is 53.8 Å². The molecule has 0 amide bonds. The molecule has 1 fully saturated rings. The fourth-order valence-electron chi connectivity index (χ4n) is 2.72. The SMILES string of the molecule is COCC1CCN(c2snc(N)c2-c2nc(C)cs2)CC1. The Labute approximate surface area is 132 Å². The van der Waals surface area contributed by atoms with Gasteiger partial charge in [-0.1, -0.05) is 0 Å². The lowest BCUT2D eigenvalue weighted by Gasteiger charge is -2.32. The average Bonchev–Trinajstić information content (AvgIpc) is 3.06. The maximum Gasteiger partial charge on any atom is 0.149 e. The van der Waals surface area contributed by atoms with Gasteiger partial charge < -0.3 is 15.4 Å². The number of rotatable bonds is 4. The summed E-state index contributed by atoms with van der Waals surface area (Å²) in [7, 11) is 1.78. The van der Waals surface area contributed by atoms with Crippen LogP contribution in [0.3, 0.4) is 0 Å². The number of ether oxygens (including phenoxy) is 1. The minimum absolute atomic E-state index is 0.600. The van der Waals surface area contributed by atoms with Crippen LogP contribution in [0.15, 0.2) is 5.38 Å². The first-order valence-corrected chi connectivity index (χ1v) is 8.76. The maximum atomic E-state index is 6.08. The molecule has 7 heteroatoms. The molecule has 0 aliphatic carbocycles. The van der Waals surface area contributed by atoms with E-state index in [1.165, 1.54) is 11.5 Å². The summed E-state index contributed by atoms with van der Waals surface area (Å²) in [6, 6.07) is 0. The van der Waals surface area contributed by atoms with Crippen LogP contribution in [0.1, 0.15) is 18.5 Å². The Balaban J connectivity index is 1.81. The Bertz CT molecular complexity index is 602. The van der Waals surface area contributed by atoms with Crippen LogP contribution in [0.2, 0.25) is 0 Å². The van der Waals surface area contributed by atoms with Crippen LogP contribution in [0.4, 0.5) is 10.8 Å². The zero-order valence-corrected chi connectivity index (χ0v) is 14.0. The molecule has 5 nitrogen and oxygen atoms in total. The van der Waals surface area contributed by atoms with Gasteiger partial charge in [0.2, 0.25) is 0 Å². The van der Waals surface area contributed by atoms with Crippen molar-refractivity contribution in [1.29, 1.82) is 0 Å². The molecule has 3 rings (SSSR count). The summed E-state index contributed by atoms with van der Waals surface area (Å²) in [6.07, 6.45) is 2.31. The van der Waals surface area contributed by atoms with Gasteiger partial charge in [0.05, 0.1) is 5.56 Å². The van der Waals surface area contributed by atoms with E-state index >= 15 is 0 Å². The molecule has 2 aromatic rings. The zero-order chi connectivity index (χ0) is 14.8. The summed E-state index contributed by atoms with van der Waals surface area (Å²) in [5.74, 6) is 1.27. The molecular weight excluding hydrogens is 304 g/mol. The maximum absolute atomic E-state index is 6.08. The predicted molar refractivity (Wildman–Crippen MR) is 89.2 cm³/mol. The van der Waals surface area contributed by atoms with Crippen LogP contribution >= 0.6 is 22.9 Å². The largest absolute Gasteiger partial charge is 0.384 e. The first kappa shape index (κ1) is 14.7. The van der Waals surface area contributed by atoms with E-state index in [0.29, 0.717) is 11.7 Å². The fraction of sp³-hybridized carbons (Fsp3) is 0.571. The molecule has 1 saturated heterocycles. The van der Waals surface area contributed by atoms with E-state index in [4.69, 9.17) is 10.5 Å². The highest BCUT2D eigenvalue weighted by Gasteiger charge is 2.25. The molecule has 2 N–H and O–H groups in total. The van der Waals surface area contributed by atoms with Gasteiger partial charge in [0.15, 0.2) is 0 Å². The standard InChI is InChI=1S/C14H20N4OS2/c1-9-8-20-13(16-9)11-12(15)17-21-14(11)18-5-3-10(4-6-18)7-19-2/h8,10H,3-7H2,1-2H3,(H2,15,17). The lowest BCUT2D eigenvalue weighted by Crippen LogP contribution is -2.34. The molecule has 2 aromatic heterocycles. The number of nitrogens with two attached hydrogens (primary N) is 1. The Morgan fingerprint density at radius 3 is 2.81 bits per heavy atom. The molecule has 0 atom stereocenters. The van der Waals surface area contributed by atoms with Crippen LogP contribution < -0.4 is 10.6 Å². The van der Waals surface area contributed by atoms with Crippen molar-refractivity contribution in [3.63, 3.8) is 0 Å². The van der Waals surface area contributed by atoms with Crippen LogP contribution in [-0.2, 0) is 4.74 Å². The summed E-state index contributed by atoms with van der Waals surface area (Å²) in [5.41, 5.74) is 8.13. The molecule has 0 unspecified atom stereocenters. The molecule has 0 saturated carbocycles. The van der Waals surface area contributed by atoms with E-state index in [-0.39, 0.29) is 0 Å². The van der Waals surface area contributed by atoms with Crippen molar-refractivity contribution in [3.8, 4) is 10.6 Å². The summed E-state index contributed by atoms with van der Waals surface area (Å²) >= 11 is 3.12. The topological polar surface area (TPSA) is 64.3 Å². The second-order valence-electron chi connectivity index (χ2n) is 5.43. The summed E-state index contributed by atoms with van der Waals surface area (Å²) < 4.78 is 9.62. The van der Waals surface area contributed by atoms with Crippen LogP contribution in [-0.4, -0.2) is 36.2 Å². The van der Waals surface area contributed by atoms with E-state index in [9.17, 15) is 0 Å². The van der Waals surface area contributed by atoms with Gasteiger partial charge in [0.1, 0.15) is 15.8 Å². The molecular formula is C14H20N4OS2. The molecule has 0 bridgehead atoms. The molecule has 3 heterocycles. The summed E-state index contributed by atoms with van der Waals surface area (Å²) in [5, 5.41) is 4.20. The Kier molecular flexibility index (Phi) is 4.42. The van der Waals surface area contributed by atoms with Gasteiger partial charge in [0.25, 0.3) is 0 Å². The Morgan fingerprint density at radius 2 is 2.19 bits per heavy atom. The minimum atomic E-state index is 0.600. The molecule has 21 heavy (non-hydrogen) atoms. The number of aromatic nitrogens is 2. The average molecular weight is 324 g/mol. The van der Waals surface area contributed by atoms with Crippen molar-refractivity contribution in [2.24, 2.45) is 5.92 Å². The quantitative estimate of drug-likeness (QED) is 0.936. The first-order valence-electron chi connectivity index (χ1n) is 7.10. The third-order valence-electron chi connectivity index (χ3n) is 3.84. The number of aryl methyl sites for hydroxylation is 1. The Morgan fingerprint density at radius 1 is 1.43 bits per heavy atom. The van der Waals surface area contributed by atoms with E-state index < -0.39 is 0 Å². The van der Waals surface area contributed by atoms with Gasteiger partial charge in [-0.05, 0) is 37.2 Å². The van der Waals surface area contributed by atoms with Gasteiger partial charge >= 0.3 is 0 Å². The number of hydrogen-bond acceptors (Lipinski definition) is 7. The van der Waals surface area contributed by atoms with Gasteiger partial charge in [0, 0.05) is 37.9 Å². The normalized spacial score (nSPS) is 16.6. The lowest BCUT2D eigenvalue weighted by molar-refractivity contribution is 0.139. The number of anilines is 2. The molecule has 1 aliphatic rings. The molecule has 0 spiro atoms. The van der Waals surface area contributed by atoms with Crippen LogP contribution in [0.25, 0.3) is 10.6 Å². The van der Waals surface area contributed by atoms with Crippen molar-refractivity contribution in [3.05, 3.63) is 11.1 Å². The molecule has 1 aliphatic heterocycles. The van der Waals surface area contributed by atoms with Gasteiger partial charge in [-0.25, -0.2) is 4.98 Å². The highest BCUT2D eigenvalue weighted by Crippen LogP contribution is 2.41. The third-order valence-corrected chi connectivity index (χ3v) is 5.74. The van der Waals surface area contributed by atoms with Crippen LogP contribution in [0, 0.1) is 12.8 Å². The number of nitrogen functional groups attached to an aromatic ring is 1. The minimum Gasteiger partial charge on any atom is -0.384 e. The second kappa shape index (κ2) is 6.29. The third kappa shape index (κ3) is 3.04. The highest BCUT2D eigenvalue weighted by molar-refractivity contribution is 7.15. The van der Waals surface area contributed by atoms with Gasteiger partial charge in [-0.15, -0.1) is 11.3 Å². The number of nitrogens with zero attached hydrogens (tertiary/aromatic N) is 3. The van der Waals surface area contributed by atoms with Crippen molar-refractivity contribution < 1.29 is 4.74 Å². The molecule has 0 aromatic carbocycles. The molecule has 0 radical (unpaired) electrons. The summed E-state index contributed by atoms with van der Waals surface area (Å²) in [4.78, 5) is 6.97. The highest BCUT2D eigenvalue weighted by atomic mass is 32.1. The van der Waals surface area contributed by atoms with Crippen molar-refractivity contribution in [2.45, 2.75) is 19.8 Å². The smallest absolute Gasteiger partial charge is 0.149 e. The predicted octanol–water partition coefficient (Wildman–Crippen LogP) is 3.02. The number of thiazole rings is 1. The van der Waals surface area contributed by atoms with Crippen molar-refractivity contribution >= 4 is 33.7 Å². The van der Waals surface area contributed by atoms with Crippen molar-refractivity contribution in [1.82, 2.24) is 9.36 Å². The molecule has 114 valence electrons. The van der Waals surface area contributed by atoms with E-state index in [2.05, 4.69) is 19.6 Å². The van der Waals surface area contributed by atoms with Gasteiger partial charge in [-0.3, -0.25) is 0 Å². The van der Waals surface area contributed by atoms with Gasteiger partial charge in [-0.2, -0.15) is 4.37 Å².